The standard InChI is InChI=1S/C12H28N2O4S2/c1-11(2)5-8-14-20(17,18)10-7-12(3)6-9-19(15,16)13-4/h11-14H,5-10H2,1-4H3. The molecule has 0 aliphatic rings. The third kappa shape index (κ3) is 10.6. The van der Waals surface area contributed by atoms with Crippen LogP contribution in [0.3, 0.4) is 0 Å². The van der Waals surface area contributed by atoms with Crippen molar-refractivity contribution in [2.45, 2.75) is 40.0 Å². The molecule has 0 saturated carbocycles. The first kappa shape index (κ1) is 19.8. The molecule has 0 radical (unpaired) electrons. The lowest BCUT2D eigenvalue weighted by atomic mass is 10.1. The van der Waals surface area contributed by atoms with Gasteiger partial charge in [-0.1, -0.05) is 20.8 Å². The number of hydrogen-bond acceptors (Lipinski definition) is 4. The number of nitrogens with one attached hydrogen (secondary N) is 2. The van der Waals surface area contributed by atoms with E-state index in [9.17, 15) is 16.8 Å². The molecule has 6 nitrogen and oxygen atoms in total. The van der Waals surface area contributed by atoms with Gasteiger partial charge in [0.25, 0.3) is 0 Å². The van der Waals surface area contributed by atoms with E-state index in [4.69, 9.17) is 0 Å². The van der Waals surface area contributed by atoms with Crippen LogP contribution in [0, 0.1) is 11.8 Å². The Morgan fingerprint density at radius 1 is 0.850 bits per heavy atom. The van der Waals surface area contributed by atoms with Crippen molar-refractivity contribution >= 4 is 20.0 Å². The van der Waals surface area contributed by atoms with Gasteiger partial charge in [-0.2, -0.15) is 0 Å². The van der Waals surface area contributed by atoms with Gasteiger partial charge in [0.1, 0.15) is 0 Å². The van der Waals surface area contributed by atoms with Crippen LogP contribution in [-0.4, -0.2) is 41.9 Å². The minimum Gasteiger partial charge on any atom is -0.218 e. The minimum absolute atomic E-state index is 0.0332. The lowest BCUT2D eigenvalue weighted by Crippen LogP contribution is -2.29. The summed E-state index contributed by atoms with van der Waals surface area (Å²) in [6.45, 7) is 6.41. The van der Waals surface area contributed by atoms with E-state index >= 15 is 0 Å². The number of hydrogen-bond donors (Lipinski definition) is 2. The predicted octanol–water partition coefficient (Wildman–Crippen LogP) is 0.917. The Morgan fingerprint density at radius 3 is 1.80 bits per heavy atom. The largest absolute Gasteiger partial charge is 0.218 e. The van der Waals surface area contributed by atoms with E-state index in [2.05, 4.69) is 9.44 Å². The molecule has 2 N–H and O–H groups in total. The van der Waals surface area contributed by atoms with E-state index in [0.29, 0.717) is 25.3 Å². The average Bonchev–Trinajstić information content (AvgIpc) is 2.33. The van der Waals surface area contributed by atoms with E-state index in [1.165, 1.54) is 7.05 Å². The molecule has 0 aromatic carbocycles. The van der Waals surface area contributed by atoms with E-state index in [1.54, 1.807) is 0 Å². The summed E-state index contributed by atoms with van der Waals surface area (Å²) >= 11 is 0. The summed E-state index contributed by atoms with van der Waals surface area (Å²) in [6.07, 6.45) is 1.75. The normalized spacial score (nSPS) is 14.7. The molecule has 0 saturated heterocycles. The molecule has 0 rings (SSSR count). The van der Waals surface area contributed by atoms with E-state index in [1.807, 2.05) is 20.8 Å². The highest BCUT2D eigenvalue weighted by molar-refractivity contribution is 7.89. The highest BCUT2D eigenvalue weighted by Gasteiger charge is 2.15. The highest BCUT2D eigenvalue weighted by Crippen LogP contribution is 2.10. The molecule has 122 valence electrons. The zero-order valence-corrected chi connectivity index (χ0v) is 14.5. The van der Waals surface area contributed by atoms with Crippen LogP contribution in [0.15, 0.2) is 0 Å². The Hall–Kier alpha value is -0.180. The lowest BCUT2D eigenvalue weighted by Gasteiger charge is -2.12. The van der Waals surface area contributed by atoms with Gasteiger partial charge in [0, 0.05) is 6.54 Å². The molecule has 0 aliphatic carbocycles. The highest BCUT2D eigenvalue weighted by atomic mass is 32.2. The second-order valence-corrected chi connectivity index (χ2v) is 9.57. The Kier molecular flexibility index (Phi) is 8.88. The van der Waals surface area contributed by atoms with Gasteiger partial charge >= 0.3 is 0 Å². The summed E-state index contributed by atoms with van der Waals surface area (Å²) in [6, 6.07) is 0. The van der Waals surface area contributed by atoms with Crippen molar-refractivity contribution in [3.05, 3.63) is 0 Å². The summed E-state index contributed by atoms with van der Waals surface area (Å²) in [7, 11) is -5.08. The Labute approximate surface area is 123 Å². The SMILES string of the molecule is CNS(=O)(=O)CCC(C)CCS(=O)(=O)NCCC(C)C. The zero-order chi connectivity index (χ0) is 15.8. The van der Waals surface area contributed by atoms with Crippen molar-refractivity contribution < 1.29 is 16.8 Å². The quantitative estimate of drug-likeness (QED) is 0.590. The van der Waals surface area contributed by atoms with E-state index in [-0.39, 0.29) is 17.4 Å². The fourth-order valence-electron chi connectivity index (χ4n) is 1.53. The second kappa shape index (κ2) is 8.96. The summed E-state index contributed by atoms with van der Waals surface area (Å²) in [5.41, 5.74) is 0. The van der Waals surface area contributed by atoms with Crippen LogP contribution in [0.5, 0.6) is 0 Å². The molecule has 0 bridgehead atoms. The van der Waals surface area contributed by atoms with Crippen molar-refractivity contribution in [2.75, 3.05) is 25.1 Å². The molecule has 1 atom stereocenters. The van der Waals surface area contributed by atoms with Crippen LogP contribution < -0.4 is 9.44 Å². The smallest absolute Gasteiger partial charge is 0.211 e. The zero-order valence-electron chi connectivity index (χ0n) is 12.8. The van der Waals surface area contributed by atoms with Crippen molar-refractivity contribution in [1.29, 1.82) is 0 Å². The maximum Gasteiger partial charge on any atom is 0.211 e. The summed E-state index contributed by atoms with van der Waals surface area (Å²) in [5, 5.41) is 0. The topological polar surface area (TPSA) is 92.3 Å². The maximum absolute atomic E-state index is 11.7. The van der Waals surface area contributed by atoms with Gasteiger partial charge < -0.3 is 0 Å². The van der Waals surface area contributed by atoms with Crippen LogP contribution in [-0.2, 0) is 20.0 Å². The molecule has 8 heteroatoms. The summed E-state index contributed by atoms with van der Waals surface area (Å²) in [4.78, 5) is 0. The molecule has 20 heavy (non-hydrogen) atoms. The predicted molar refractivity (Wildman–Crippen MR) is 82.5 cm³/mol. The first-order chi connectivity index (χ1) is 9.08. The van der Waals surface area contributed by atoms with Gasteiger partial charge in [0.2, 0.25) is 20.0 Å². The van der Waals surface area contributed by atoms with Gasteiger partial charge in [-0.25, -0.2) is 26.3 Å². The third-order valence-electron chi connectivity index (χ3n) is 3.11. The molecular formula is C12H28N2O4S2. The molecule has 0 fully saturated rings. The molecule has 0 amide bonds. The van der Waals surface area contributed by atoms with Gasteiger partial charge in [0.15, 0.2) is 0 Å². The molecular weight excluding hydrogens is 300 g/mol. The lowest BCUT2D eigenvalue weighted by molar-refractivity contribution is 0.515. The Bertz CT molecular complexity index is 458. The van der Waals surface area contributed by atoms with Gasteiger partial charge in [-0.15, -0.1) is 0 Å². The second-order valence-electron chi connectivity index (χ2n) is 5.60. The minimum atomic E-state index is -3.25. The van der Waals surface area contributed by atoms with Crippen LogP contribution in [0.1, 0.15) is 40.0 Å². The van der Waals surface area contributed by atoms with Crippen molar-refractivity contribution in [3.63, 3.8) is 0 Å². The van der Waals surface area contributed by atoms with E-state index in [0.717, 1.165) is 6.42 Å². The van der Waals surface area contributed by atoms with E-state index < -0.39 is 20.0 Å². The number of rotatable bonds is 11. The molecule has 1 unspecified atom stereocenters. The summed E-state index contributed by atoms with van der Waals surface area (Å²) in [5.74, 6) is 0.598. The van der Waals surface area contributed by atoms with Crippen LogP contribution >= 0.6 is 0 Å². The monoisotopic (exact) mass is 328 g/mol. The first-order valence-corrected chi connectivity index (χ1v) is 10.3. The summed E-state index contributed by atoms with van der Waals surface area (Å²) < 4.78 is 50.8. The van der Waals surface area contributed by atoms with Gasteiger partial charge in [0.05, 0.1) is 11.5 Å². The molecule has 0 spiro atoms. The maximum atomic E-state index is 11.7. The molecule has 0 aliphatic heterocycles. The van der Waals surface area contributed by atoms with Gasteiger partial charge in [-0.05, 0) is 38.1 Å². The van der Waals surface area contributed by atoms with Crippen molar-refractivity contribution in [3.8, 4) is 0 Å². The van der Waals surface area contributed by atoms with Crippen LogP contribution in [0.4, 0.5) is 0 Å². The molecule has 0 aromatic heterocycles. The molecule has 0 aromatic rings. The third-order valence-corrected chi connectivity index (χ3v) is 5.93. The Morgan fingerprint density at radius 2 is 1.35 bits per heavy atom. The van der Waals surface area contributed by atoms with Crippen molar-refractivity contribution in [2.24, 2.45) is 11.8 Å². The van der Waals surface area contributed by atoms with Gasteiger partial charge in [-0.3, -0.25) is 0 Å². The fourth-order valence-corrected chi connectivity index (χ4v) is 3.74. The average molecular weight is 329 g/mol. The molecule has 0 heterocycles. The van der Waals surface area contributed by atoms with Crippen molar-refractivity contribution in [1.82, 2.24) is 9.44 Å². The van der Waals surface area contributed by atoms with Crippen LogP contribution in [0.25, 0.3) is 0 Å². The number of sulfonamides is 2. The fraction of sp³-hybridized carbons (Fsp3) is 1.00. The van der Waals surface area contributed by atoms with Crippen LogP contribution in [0.2, 0.25) is 0 Å². The first-order valence-electron chi connectivity index (χ1n) is 6.96. The Balaban J connectivity index is 4.01.